The average Bonchev–Trinajstić information content (AvgIpc) is 0.722. The third kappa shape index (κ3) is 45.7. The summed E-state index contributed by atoms with van der Waals surface area (Å²) in [6, 6.07) is 0. The minimum absolute atomic E-state index is 0. The largest absolute Gasteiger partial charge is 2.00 e. The van der Waals surface area contributed by atoms with Gasteiger partial charge in [0.25, 0.3) is 0 Å². The molecular formula is AgIO3P. The molecule has 0 bridgehead atoms. The van der Waals surface area contributed by atoms with Crippen LogP contribution in [0.15, 0.2) is 0 Å². The molecule has 0 unspecified atom stereocenters. The molecule has 6 heavy (non-hydrogen) atoms. The topological polar surface area (TPSA) is 63.2 Å². The van der Waals surface area contributed by atoms with Crippen molar-refractivity contribution in [3.63, 3.8) is 0 Å². The van der Waals surface area contributed by atoms with E-state index in [0.717, 1.165) is 22.0 Å². The number of hydrogen-bond donors (Lipinski definition) is 0. The third-order valence-electron chi connectivity index (χ3n) is 0. The van der Waals surface area contributed by atoms with E-state index in [9.17, 15) is 0 Å². The summed E-state index contributed by atoms with van der Waals surface area (Å²) < 4.78 is 9.09. The Morgan fingerprint density at radius 1 is 1.50 bits per heavy atom. The second-order valence-electron chi connectivity index (χ2n) is 0.431. The van der Waals surface area contributed by atoms with E-state index in [4.69, 9.17) is 14.4 Å². The van der Waals surface area contributed by atoms with Gasteiger partial charge in [0.15, 0.2) is 0 Å². The fourth-order valence-electron chi connectivity index (χ4n) is 0. The van der Waals surface area contributed by atoms with Crippen LogP contribution in [0.1, 0.15) is 0 Å². The van der Waals surface area contributed by atoms with Crippen LogP contribution in [0.5, 0.6) is 0 Å². The molecule has 0 aliphatic carbocycles. The first-order valence-corrected chi connectivity index (χ1v) is 5.04. The van der Waals surface area contributed by atoms with E-state index >= 15 is 0 Å². The van der Waals surface area contributed by atoms with Crippen LogP contribution in [-0.2, 0) is 26.9 Å². The molecular weight excluding hydrogens is 314 g/mol. The molecule has 0 heterocycles. The molecule has 0 aromatic carbocycles. The van der Waals surface area contributed by atoms with Crippen LogP contribution >= 0.6 is 27.3 Å². The van der Waals surface area contributed by atoms with Gasteiger partial charge in [0.1, 0.15) is 0 Å². The van der Waals surface area contributed by atoms with Gasteiger partial charge in [-0.1, -0.05) is 0 Å². The normalized spacial score (nSPS) is 9.83. The van der Waals surface area contributed by atoms with Crippen molar-refractivity contribution in [3.05, 3.63) is 0 Å². The van der Waals surface area contributed by atoms with Gasteiger partial charge in [0.05, 0.1) is 0 Å². The van der Waals surface area contributed by atoms with Crippen molar-refractivity contribution in [2.24, 2.45) is 0 Å². The monoisotopic (exact) mass is 313 g/mol. The van der Waals surface area contributed by atoms with E-state index in [0.29, 0.717) is 0 Å². The fourth-order valence-corrected chi connectivity index (χ4v) is 0. The number of halogens is 1. The summed E-state index contributed by atoms with van der Waals surface area (Å²) >= 11 is 0.822. The maximum Gasteiger partial charge on any atom is 2.00 e. The van der Waals surface area contributed by atoms with Crippen molar-refractivity contribution in [1.82, 2.24) is 0 Å². The SMILES string of the molecule is O=P([O-])([O-])I.[Ag+2]. The molecule has 41 valence electrons. The molecule has 0 saturated carbocycles. The minimum atomic E-state index is -4.17. The molecule has 0 saturated heterocycles. The summed E-state index contributed by atoms with van der Waals surface area (Å²) in [5, 5.41) is -4.17. The van der Waals surface area contributed by atoms with Crippen LogP contribution in [-0.4, -0.2) is 0 Å². The van der Waals surface area contributed by atoms with E-state index in [2.05, 4.69) is 0 Å². The molecule has 3 nitrogen and oxygen atoms in total. The summed E-state index contributed by atoms with van der Waals surface area (Å²) in [7, 11) is 0. The van der Waals surface area contributed by atoms with E-state index in [1.807, 2.05) is 0 Å². The van der Waals surface area contributed by atoms with E-state index in [1.54, 1.807) is 0 Å². The van der Waals surface area contributed by atoms with Crippen molar-refractivity contribution in [3.8, 4) is 0 Å². The van der Waals surface area contributed by atoms with E-state index in [-0.39, 0.29) is 22.4 Å². The Balaban J connectivity index is 0. The number of rotatable bonds is 0. The summed E-state index contributed by atoms with van der Waals surface area (Å²) in [5.41, 5.74) is 0. The van der Waals surface area contributed by atoms with Crippen LogP contribution in [0.2, 0.25) is 0 Å². The molecule has 0 aliphatic rings. The summed E-state index contributed by atoms with van der Waals surface area (Å²) in [5.74, 6) is 0. The molecule has 0 N–H and O–H groups in total. The van der Waals surface area contributed by atoms with Crippen molar-refractivity contribution in [1.29, 1.82) is 0 Å². The Kier molecular flexibility index (Phi) is 6.35. The minimum Gasteiger partial charge on any atom is -0.803 e. The first kappa shape index (κ1) is 10.6. The van der Waals surface area contributed by atoms with Gasteiger partial charge >= 0.3 is 22.4 Å². The maximum atomic E-state index is 9.09. The van der Waals surface area contributed by atoms with Gasteiger partial charge in [0, 0.05) is 0 Å². The van der Waals surface area contributed by atoms with E-state index in [1.165, 1.54) is 0 Å². The zero-order valence-corrected chi connectivity index (χ0v) is 6.89. The Bertz CT molecular complexity index is 56.9. The molecule has 0 aliphatic heterocycles. The van der Waals surface area contributed by atoms with Crippen LogP contribution in [0.3, 0.4) is 0 Å². The molecule has 0 fully saturated rings. The molecule has 0 aromatic heterocycles. The molecule has 0 aromatic rings. The number of hydrogen-bond acceptors (Lipinski definition) is 3. The smallest absolute Gasteiger partial charge is 0.803 e. The summed E-state index contributed by atoms with van der Waals surface area (Å²) in [6.07, 6.45) is 0. The van der Waals surface area contributed by atoms with Crippen molar-refractivity contribution in [2.75, 3.05) is 0 Å². The van der Waals surface area contributed by atoms with Gasteiger partial charge < -0.3 is 14.4 Å². The van der Waals surface area contributed by atoms with Gasteiger partial charge in [-0.05, 0) is 27.3 Å². The van der Waals surface area contributed by atoms with Crippen molar-refractivity contribution >= 4 is 27.3 Å². The first-order valence-electron chi connectivity index (χ1n) is 0.717. The molecule has 0 rings (SSSR count). The summed E-state index contributed by atoms with van der Waals surface area (Å²) in [4.78, 5) is 18.2. The van der Waals surface area contributed by atoms with Gasteiger partial charge in [-0.25, -0.2) is 0 Å². The van der Waals surface area contributed by atoms with E-state index < -0.39 is 5.24 Å². The average molecular weight is 314 g/mol. The third-order valence-corrected chi connectivity index (χ3v) is 0. The Labute approximate surface area is 63.7 Å². The molecule has 1 radical (unpaired) electrons. The van der Waals surface area contributed by atoms with Crippen LogP contribution < -0.4 is 9.79 Å². The second-order valence-corrected chi connectivity index (χ2v) is 4.84. The molecule has 0 spiro atoms. The molecule has 0 atom stereocenters. The van der Waals surface area contributed by atoms with Crippen molar-refractivity contribution < 1.29 is 36.7 Å². The van der Waals surface area contributed by atoms with Gasteiger partial charge in [-0.15, -0.1) is 0 Å². The van der Waals surface area contributed by atoms with Gasteiger partial charge in [-0.2, -0.15) is 0 Å². The fraction of sp³-hybridized carbons (Fsp3) is 0. The van der Waals surface area contributed by atoms with Gasteiger partial charge in [-0.3, -0.25) is 0 Å². The standard InChI is InChI=1S/Ag.H2IO3P/c;1-5(2,3)4/h;(H2,2,3,4)/q+2;/p-2. The van der Waals surface area contributed by atoms with Crippen LogP contribution in [0, 0.1) is 0 Å². The Hall–Kier alpha value is 1.62. The predicted molar refractivity (Wildman–Crippen MR) is 21.6 cm³/mol. The van der Waals surface area contributed by atoms with Crippen LogP contribution in [0.4, 0.5) is 0 Å². The molecule has 0 amide bonds. The Morgan fingerprint density at radius 3 is 1.50 bits per heavy atom. The Morgan fingerprint density at radius 2 is 1.50 bits per heavy atom. The zero-order valence-electron chi connectivity index (χ0n) is 2.35. The maximum absolute atomic E-state index is 9.09. The second kappa shape index (κ2) is 3.60. The van der Waals surface area contributed by atoms with Crippen LogP contribution in [0.25, 0.3) is 0 Å². The summed E-state index contributed by atoms with van der Waals surface area (Å²) in [6.45, 7) is 0. The quantitative estimate of drug-likeness (QED) is 0.336. The zero-order chi connectivity index (χ0) is 4.50. The van der Waals surface area contributed by atoms with Gasteiger partial charge in [0.2, 0.25) is 0 Å². The predicted octanol–water partition coefficient (Wildman–Crippen LogP) is -0.752. The first-order chi connectivity index (χ1) is 2.00. The molecule has 6 heteroatoms. The van der Waals surface area contributed by atoms with Crippen molar-refractivity contribution in [2.45, 2.75) is 0 Å².